The molecule has 1 heterocycles. The van der Waals surface area contributed by atoms with Crippen LogP contribution >= 0.6 is 0 Å². The van der Waals surface area contributed by atoms with Gasteiger partial charge in [-0.15, -0.1) is 0 Å². The quantitative estimate of drug-likeness (QED) is 0.800. The van der Waals surface area contributed by atoms with Crippen molar-refractivity contribution in [2.45, 2.75) is 6.92 Å². The van der Waals surface area contributed by atoms with Gasteiger partial charge in [0, 0.05) is 36.7 Å². The topological polar surface area (TPSA) is 67.0 Å². The molecule has 0 saturated carbocycles. The second kappa shape index (κ2) is 6.09. The highest BCUT2D eigenvalue weighted by atomic mass is 16.5. The molecule has 1 N–H and O–H groups in total. The second-order valence-corrected chi connectivity index (χ2v) is 5.54. The van der Waals surface area contributed by atoms with Crippen LogP contribution in [-0.2, 0) is 11.8 Å². The minimum atomic E-state index is -0.130. The number of carbonyl (C=O) groups is 1. The molecule has 0 aliphatic carbocycles. The van der Waals surface area contributed by atoms with Gasteiger partial charge in [-0.3, -0.25) is 4.79 Å². The molecule has 120 valence electrons. The molecule has 0 saturated heterocycles. The van der Waals surface area contributed by atoms with Crippen LogP contribution in [0.4, 0.5) is 5.69 Å². The Hall–Kier alpha value is -3.26. The molecular formula is C19H17N3O2. The van der Waals surface area contributed by atoms with Crippen LogP contribution in [0.5, 0.6) is 5.75 Å². The molecule has 0 bridgehead atoms. The fourth-order valence-corrected chi connectivity index (χ4v) is 2.94. The smallest absolute Gasteiger partial charge is 0.221 e. The van der Waals surface area contributed by atoms with E-state index in [1.807, 2.05) is 54.1 Å². The van der Waals surface area contributed by atoms with Crippen LogP contribution in [0.25, 0.3) is 22.2 Å². The number of nitriles is 1. The lowest BCUT2D eigenvalue weighted by Gasteiger charge is -2.08. The lowest BCUT2D eigenvalue weighted by molar-refractivity contribution is -0.114. The first kappa shape index (κ1) is 15.6. The first-order valence-electron chi connectivity index (χ1n) is 7.49. The molecule has 1 amide bonds. The summed E-state index contributed by atoms with van der Waals surface area (Å²) in [5, 5.41) is 13.3. The van der Waals surface area contributed by atoms with Gasteiger partial charge in [-0.1, -0.05) is 12.1 Å². The molecule has 3 rings (SSSR count). The monoisotopic (exact) mass is 319 g/mol. The number of amides is 1. The molecule has 0 aliphatic heterocycles. The minimum absolute atomic E-state index is 0.130. The number of nitrogens with one attached hydrogen (secondary N) is 1. The zero-order valence-corrected chi connectivity index (χ0v) is 13.8. The van der Waals surface area contributed by atoms with Gasteiger partial charge < -0.3 is 14.6 Å². The standard InChI is InChI=1S/C19H17N3O2/c1-12(23)21-14-6-4-5-13(9-14)19-17(11-20)16-8-7-15(24-3)10-18(16)22(19)2/h4-10H,1-3H3,(H,21,23). The van der Waals surface area contributed by atoms with Gasteiger partial charge in [0.1, 0.15) is 11.8 Å². The SMILES string of the molecule is COc1ccc2c(C#N)c(-c3cccc(NC(C)=O)c3)n(C)c2c1. The zero-order chi connectivity index (χ0) is 17.3. The molecule has 5 heteroatoms. The van der Waals surface area contributed by atoms with Gasteiger partial charge in [0.05, 0.1) is 23.9 Å². The number of nitrogens with zero attached hydrogens (tertiary/aromatic N) is 2. The third-order valence-electron chi connectivity index (χ3n) is 3.98. The summed E-state index contributed by atoms with van der Waals surface area (Å²) in [4.78, 5) is 11.3. The van der Waals surface area contributed by atoms with Crippen LogP contribution in [0, 0.1) is 11.3 Å². The summed E-state index contributed by atoms with van der Waals surface area (Å²) in [6.45, 7) is 1.47. The van der Waals surface area contributed by atoms with Crippen molar-refractivity contribution in [2.24, 2.45) is 7.05 Å². The molecule has 1 aromatic heterocycles. The zero-order valence-electron chi connectivity index (χ0n) is 13.8. The van der Waals surface area contributed by atoms with Gasteiger partial charge in [-0.25, -0.2) is 0 Å². The number of hydrogen-bond acceptors (Lipinski definition) is 3. The van der Waals surface area contributed by atoms with Crippen LogP contribution < -0.4 is 10.1 Å². The lowest BCUT2D eigenvalue weighted by Crippen LogP contribution is -2.05. The van der Waals surface area contributed by atoms with Gasteiger partial charge in [0.25, 0.3) is 0 Å². The third-order valence-corrected chi connectivity index (χ3v) is 3.98. The maximum atomic E-state index is 11.3. The summed E-state index contributed by atoms with van der Waals surface area (Å²) in [6, 6.07) is 15.4. The fourth-order valence-electron chi connectivity index (χ4n) is 2.94. The first-order chi connectivity index (χ1) is 11.5. The van der Waals surface area contributed by atoms with Gasteiger partial charge in [0.15, 0.2) is 0 Å². The maximum absolute atomic E-state index is 11.3. The number of hydrogen-bond donors (Lipinski definition) is 1. The highest BCUT2D eigenvalue weighted by molar-refractivity contribution is 5.96. The first-order valence-corrected chi connectivity index (χ1v) is 7.49. The maximum Gasteiger partial charge on any atom is 0.221 e. The molecular weight excluding hydrogens is 302 g/mol. The Morgan fingerprint density at radius 1 is 1.25 bits per heavy atom. The second-order valence-electron chi connectivity index (χ2n) is 5.54. The predicted octanol–water partition coefficient (Wildman–Crippen LogP) is 3.68. The Kier molecular flexibility index (Phi) is 3.97. The average Bonchev–Trinajstić information content (AvgIpc) is 2.86. The van der Waals surface area contributed by atoms with Gasteiger partial charge in [-0.2, -0.15) is 5.26 Å². The average molecular weight is 319 g/mol. The van der Waals surface area contributed by atoms with E-state index < -0.39 is 0 Å². The number of anilines is 1. The van der Waals surface area contributed by atoms with Crippen molar-refractivity contribution in [1.29, 1.82) is 5.26 Å². The molecule has 5 nitrogen and oxygen atoms in total. The molecule has 0 spiro atoms. The molecule has 0 atom stereocenters. The van der Waals surface area contributed by atoms with E-state index in [0.29, 0.717) is 11.3 Å². The van der Waals surface area contributed by atoms with Crippen LogP contribution in [0.3, 0.4) is 0 Å². The van der Waals surface area contributed by atoms with E-state index in [2.05, 4.69) is 11.4 Å². The summed E-state index contributed by atoms with van der Waals surface area (Å²) in [7, 11) is 3.54. The summed E-state index contributed by atoms with van der Waals surface area (Å²) in [6.07, 6.45) is 0. The molecule has 24 heavy (non-hydrogen) atoms. The van der Waals surface area contributed by atoms with Crippen molar-refractivity contribution in [3.05, 3.63) is 48.0 Å². The number of aryl methyl sites for hydroxylation is 1. The van der Waals surface area contributed by atoms with E-state index in [4.69, 9.17) is 4.74 Å². The third kappa shape index (κ3) is 2.59. The van der Waals surface area contributed by atoms with E-state index in [-0.39, 0.29) is 5.91 Å². The number of rotatable bonds is 3. The molecule has 0 fully saturated rings. The summed E-state index contributed by atoms with van der Waals surface area (Å²) >= 11 is 0. The van der Waals surface area contributed by atoms with E-state index in [1.54, 1.807) is 7.11 Å². The Labute approximate surface area is 140 Å². The van der Waals surface area contributed by atoms with Crippen LogP contribution in [0.2, 0.25) is 0 Å². The van der Waals surface area contributed by atoms with E-state index >= 15 is 0 Å². The van der Waals surface area contributed by atoms with Crippen molar-refractivity contribution >= 4 is 22.5 Å². The van der Waals surface area contributed by atoms with E-state index in [0.717, 1.165) is 27.9 Å². The van der Waals surface area contributed by atoms with Crippen LogP contribution in [0.15, 0.2) is 42.5 Å². The van der Waals surface area contributed by atoms with Gasteiger partial charge in [-0.05, 0) is 24.3 Å². The van der Waals surface area contributed by atoms with Crippen molar-refractivity contribution in [3.63, 3.8) is 0 Å². The van der Waals surface area contributed by atoms with Gasteiger partial charge in [0.2, 0.25) is 5.91 Å². The normalized spacial score (nSPS) is 10.4. The molecule has 3 aromatic rings. The number of benzene rings is 2. The fraction of sp³-hybridized carbons (Fsp3) is 0.158. The Bertz CT molecular complexity index is 980. The molecule has 0 radical (unpaired) electrons. The van der Waals surface area contributed by atoms with Crippen molar-refractivity contribution in [3.8, 4) is 23.1 Å². The Morgan fingerprint density at radius 3 is 2.71 bits per heavy atom. The summed E-state index contributed by atoms with van der Waals surface area (Å²) in [5.41, 5.74) is 3.91. The number of methoxy groups -OCH3 is 1. The summed E-state index contributed by atoms with van der Waals surface area (Å²) in [5.74, 6) is 0.612. The van der Waals surface area contributed by atoms with E-state index in [9.17, 15) is 10.1 Å². The number of carbonyl (C=O) groups excluding carboxylic acids is 1. The Balaban J connectivity index is 2.24. The highest BCUT2D eigenvalue weighted by Gasteiger charge is 2.17. The van der Waals surface area contributed by atoms with Crippen LogP contribution in [0.1, 0.15) is 12.5 Å². The molecule has 0 aliphatic rings. The predicted molar refractivity (Wildman–Crippen MR) is 93.9 cm³/mol. The van der Waals surface area contributed by atoms with Crippen molar-refractivity contribution in [2.75, 3.05) is 12.4 Å². The molecule has 2 aromatic carbocycles. The lowest BCUT2D eigenvalue weighted by atomic mass is 10.1. The van der Waals surface area contributed by atoms with Crippen molar-refractivity contribution < 1.29 is 9.53 Å². The largest absolute Gasteiger partial charge is 0.497 e. The van der Waals surface area contributed by atoms with Crippen LogP contribution in [-0.4, -0.2) is 17.6 Å². The molecule has 0 unspecified atom stereocenters. The number of ether oxygens (including phenoxy) is 1. The van der Waals surface area contributed by atoms with Gasteiger partial charge >= 0.3 is 0 Å². The Morgan fingerprint density at radius 2 is 2.04 bits per heavy atom. The summed E-state index contributed by atoms with van der Waals surface area (Å²) < 4.78 is 7.26. The highest BCUT2D eigenvalue weighted by Crippen LogP contribution is 2.35. The number of aromatic nitrogens is 1. The van der Waals surface area contributed by atoms with Crippen molar-refractivity contribution in [1.82, 2.24) is 4.57 Å². The minimum Gasteiger partial charge on any atom is -0.497 e. The number of fused-ring (bicyclic) bond motifs is 1. The van der Waals surface area contributed by atoms with E-state index in [1.165, 1.54) is 6.92 Å².